The van der Waals surface area contributed by atoms with Crippen LogP contribution in [-0.2, 0) is 9.59 Å². The van der Waals surface area contributed by atoms with Gasteiger partial charge < -0.3 is 10.4 Å². The van der Waals surface area contributed by atoms with E-state index in [0.29, 0.717) is 19.5 Å². The van der Waals surface area contributed by atoms with Crippen molar-refractivity contribution in [3.8, 4) is 0 Å². The number of alkyl halides is 3. The van der Waals surface area contributed by atoms with Gasteiger partial charge >= 0.3 is 6.18 Å². The number of likely N-dealkylation sites (tertiary alicyclic amines) is 1. The minimum atomic E-state index is -4.21. The van der Waals surface area contributed by atoms with Crippen LogP contribution >= 0.6 is 0 Å². The van der Waals surface area contributed by atoms with Crippen LogP contribution in [-0.4, -0.2) is 78.0 Å². The molecule has 1 fully saturated rings. The number of rotatable bonds is 6. The molecule has 2 aliphatic heterocycles. The topological polar surface area (TPSA) is 85.2 Å². The van der Waals surface area contributed by atoms with Gasteiger partial charge in [-0.05, 0) is 18.9 Å². The molecular formula is C14H21F3N4O3. The molecule has 0 aliphatic carbocycles. The number of β-amino-alcohol motifs (C(OH)–C–C–N with tert-alkyl or cyclic N) is 1. The number of aliphatic hydroxyl groups is 1. The Bertz CT molecular complexity index is 510. The van der Waals surface area contributed by atoms with E-state index in [1.54, 1.807) is 0 Å². The average Bonchev–Trinajstić information content (AvgIpc) is 2.92. The molecule has 10 heteroatoms. The standard InChI is InChI=1S/C14H21F3N4O3/c15-14(16,17)9-20-4-3-10(8-20)7-18-13(24)11-1-2-12(23)21(19-11)5-6-22/h10,22H,1-9H2,(H,18,24). The molecule has 0 radical (unpaired) electrons. The van der Waals surface area contributed by atoms with E-state index in [-0.39, 0.29) is 50.1 Å². The van der Waals surface area contributed by atoms with E-state index < -0.39 is 18.6 Å². The largest absolute Gasteiger partial charge is 0.401 e. The van der Waals surface area contributed by atoms with E-state index in [4.69, 9.17) is 5.11 Å². The van der Waals surface area contributed by atoms with Crippen LogP contribution < -0.4 is 5.32 Å². The van der Waals surface area contributed by atoms with Gasteiger partial charge in [0.25, 0.3) is 5.91 Å². The first kappa shape index (κ1) is 18.7. The smallest absolute Gasteiger partial charge is 0.394 e. The van der Waals surface area contributed by atoms with Gasteiger partial charge in [0.2, 0.25) is 5.91 Å². The number of hydrogen-bond donors (Lipinski definition) is 2. The molecule has 2 rings (SSSR count). The number of amides is 2. The van der Waals surface area contributed by atoms with E-state index in [2.05, 4.69) is 10.4 Å². The zero-order chi connectivity index (χ0) is 17.7. The number of nitrogens with zero attached hydrogens (tertiary/aromatic N) is 3. The molecule has 0 saturated carbocycles. The number of hydrogen-bond acceptors (Lipinski definition) is 5. The second-order valence-electron chi connectivity index (χ2n) is 6.00. The fourth-order valence-corrected chi connectivity index (χ4v) is 2.85. The molecule has 136 valence electrons. The molecular weight excluding hydrogens is 329 g/mol. The molecule has 0 aromatic rings. The van der Waals surface area contributed by atoms with Gasteiger partial charge in [0.15, 0.2) is 0 Å². The van der Waals surface area contributed by atoms with Crippen molar-refractivity contribution >= 4 is 17.5 Å². The molecule has 0 bridgehead atoms. The van der Waals surface area contributed by atoms with Crippen LogP contribution in [0.4, 0.5) is 13.2 Å². The van der Waals surface area contributed by atoms with E-state index in [1.165, 1.54) is 4.90 Å². The lowest BCUT2D eigenvalue weighted by molar-refractivity contribution is -0.143. The molecule has 1 atom stereocenters. The summed E-state index contributed by atoms with van der Waals surface area (Å²) in [6, 6.07) is 0. The summed E-state index contributed by atoms with van der Waals surface area (Å²) in [7, 11) is 0. The summed E-state index contributed by atoms with van der Waals surface area (Å²) in [4.78, 5) is 25.0. The Hall–Kier alpha value is -1.68. The summed E-state index contributed by atoms with van der Waals surface area (Å²) in [5.41, 5.74) is 0.202. The van der Waals surface area contributed by atoms with Crippen molar-refractivity contribution < 1.29 is 27.9 Å². The van der Waals surface area contributed by atoms with E-state index in [9.17, 15) is 22.8 Å². The zero-order valence-corrected chi connectivity index (χ0v) is 13.2. The minimum Gasteiger partial charge on any atom is -0.394 e. The monoisotopic (exact) mass is 350 g/mol. The molecule has 2 amide bonds. The summed E-state index contributed by atoms with van der Waals surface area (Å²) in [5, 5.41) is 16.5. The van der Waals surface area contributed by atoms with Crippen molar-refractivity contribution in [3.63, 3.8) is 0 Å². The van der Waals surface area contributed by atoms with Gasteiger partial charge in [-0.1, -0.05) is 0 Å². The third-order valence-corrected chi connectivity index (χ3v) is 4.00. The van der Waals surface area contributed by atoms with Crippen LogP contribution in [0.1, 0.15) is 19.3 Å². The van der Waals surface area contributed by atoms with E-state index in [0.717, 1.165) is 5.01 Å². The molecule has 7 nitrogen and oxygen atoms in total. The van der Waals surface area contributed by atoms with Crippen LogP contribution in [0.3, 0.4) is 0 Å². The van der Waals surface area contributed by atoms with Crippen LogP contribution in [0, 0.1) is 5.92 Å². The zero-order valence-electron chi connectivity index (χ0n) is 13.2. The Kier molecular flexibility index (Phi) is 6.16. The highest BCUT2D eigenvalue weighted by molar-refractivity contribution is 6.39. The predicted octanol–water partition coefficient (Wildman–Crippen LogP) is -0.0425. The summed E-state index contributed by atoms with van der Waals surface area (Å²) in [5.74, 6) is -0.699. The van der Waals surface area contributed by atoms with Gasteiger partial charge in [-0.3, -0.25) is 14.5 Å². The first-order valence-corrected chi connectivity index (χ1v) is 7.84. The Morgan fingerprint density at radius 2 is 2.12 bits per heavy atom. The van der Waals surface area contributed by atoms with Crippen molar-refractivity contribution in [1.29, 1.82) is 0 Å². The van der Waals surface area contributed by atoms with E-state index >= 15 is 0 Å². The SMILES string of the molecule is O=C(NCC1CCN(CC(F)(F)F)C1)C1=NN(CCO)C(=O)CC1. The van der Waals surface area contributed by atoms with Crippen molar-refractivity contribution in [1.82, 2.24) is 15.2 Å². The normalized spacial score (nSPS) is 22.7. The molecule has 0 aromatic heterocycles. The van der Waals surface area contributed by atoms with Gasteiger partial charge in [0.05, 0.1) is 19.7 Å². The van der Waals surface area contributed by atoms with Gasteiger partial charge in [-0.15, -0.1) is 0 Å². The first-order chi connectivity index (χ1) is 11.3. The van der Waals surface area contributed by atoms with Crippen molar-refractivity contribution in [2.24, 2.45) is 11.0 Å². The molecule has 2 aliphatic rings. The van der Waals surface area contributed by atoms with E-state index in [1.807, 2.05) is 0 Å². The van der Waals surface area contributed by atoms with Crippen LogP contribution in [0.25, 0.3) is 0 Å². The highest BCUT2D eigenvalue weighted by Crippen LogP contribution is 2.22. The fourth-order valence-electron chi connectivity index (χ4n) is 2.85. The van der Waals surface area contributed by atoms with Gasteiger partial charge in [-0.2, -0.15) is 18.3 Å². The molecule has 1 unspecified atom stereocenters. The lowest BCUT2D eigenvalue weighted by Crippen LogP contribution is -2.41. The Balaban J connectivity index is 1.79. The lowest BCUT2D eigenvalue weighted by atomic mass is 10.1. The summed E-state index contributed by atoms with van der Waals surface area (Å²) in [6.07, 6.45) is -3.25. The number of nitrogens with one attached hydrogen (secondary N) is 1. The Labute approximate surface area is 137 Å². The summed E-state index contributed by atoms with van der Waals surface area (Å²) in [6.45, 7) is -0.213. The van der Waals surface area contributed by atoms with Crippen LogP contribution in [0.15, 0.2) is 5.10 Å². The van der Waals surface area contributed by atoms with Crippen LogP contribution in [0.2, 0.25) is 0 Å². The molecule has 0 spiro atoms. The maximum Gasteiger partial charge on any atom is 0.401 e. The van der Waals surface area contributed by atoms with Crippen molar-refractivity contribution in [2.45, 2.75) is 25.4 Å². The Morgan fingerprint density at radius 1 is 1.38 bits per heavy atom. The van der Waals surface area contributed by atoms with Gasteiger partial charge in [0.1, 0.15) is 5.71 Å². The van der Waals surface area contributed by atoms with Gasteiger partial charge in [-0.25, -0.2) is 5.01 Å². The predicted molar refractivity (Wildman–Crippen MR) is 79.1 cm³/mol. The summed E-state index contributed by atoms with van der Waals surface area (Å²) < 4.78 is 37.0. The number of aliphatic hydroxyl groups excluding tert-OH is 1. The maximum absolute atomic E-state index is 12.3. The lowest BCUT2D eigenvalue weighted by Gasteiger charge is -2.22. The molecule has 2 N–H and O–H groups in total. The van der Waals surface area contributed by atoms with Crippen molar-refractivity contribution in [2.75, 3.05) is 39.3 Å². The molecule has 24 heavy (non-hydrogen) atoms. The fraction of sp³-hybridized carbons (Fsp3) is 0.786. The third-order valence-electron chi connectivity index (χ3n) is 4.00. The molecule has 0 aromatic carbocycles. The molecule has 2 heterocycles. The maximum atomic E-state index is 12.3. The number of halogens is 3. The van der Waals surface area contributed by atoms with Gasteiger partial charge in [0, 0.05) is 25.9 Å². The molecule has 1 saturated heterocycles. The number of carbonyl (C=O) groups is 2. The quantitative estimate of drug-likeness (QED) is 0.704. The number of carbonyl (C=O) groups excluding carboxylic acids is 2. The highest BCUT2D eigenvalue weighted by Gasteiger charge is 2.34. The number of hydrazone groups is 1. The van der Waals surface area contributed by atoms with Crippen LogP contribution in [0.5, 0.6) is 0 Å². The minimum absolute atomic E-state index is 0.0318. The first-order valence-electron chi connectivity index (χ1n) is 7.84. The average molecular weight is 350 g/mol. The second kappa shape index (κ2) is 7.93. The third kappa shape index (κ3) is 5.45. The van der Waals surface area contributed by atoms with Crippen molar-refractivity contribution in [3.05, 3.63) is 0 Å². The highest BCUT2D eigenvalue weighted by atomic mass is 19.4. The second-order valence-corrected chi connectivity index (χ2v) is 6.00. The Morgan fingerprint density at radius 3 is 2.79 bits per heavy atom. The summed E-state index contributed by atoms with van der Waals surface area (Å²) >= 11 is 0.